The molecule has 2 N–H and O–H groups in total. The van der Waals surface area contributed by atoms with Crippen molar-refractivity contribution in [3.05, 3.63) is 107 Å². The first-order valence-corrected chi connectivity index (χ1v) is 11.7. The van der Waals surface area contributed by atoms with Gasteiger partial charge in [0.05, 0.1) is 38.4 Å². The van der Waals surface area contributed by atoms with Crippen LogP contribution in [0.2, 0.25) is 5.02 Å². The molecule has 4 aromatic rings. The highest BCUT2D eigenvalue weighted by molar-refractivity contribution is 6.31. The van der Waals surface area contributed by atoms with Gasteiger partial charge in [0.1, 0.15) is 17.6 Å². The van der Waals surface area contributed by atoms with Crippen molar-refractivity contribution < 1.29 is 28.0 Å². The van der Waals surface area contributed by atoms with Crippen LogP contribution in [0.4, 0.5) is 5.69 Å². The van der Waals surface area contributed by atoms with E-state index >= 15 is 0 Å². The van der Waals surface area contributed by atoms with E-state index in [0.717, 1.165) is 0 Å². The van der Waals surface area contributed by atoms with Gasteiger partial charge in [0.25, 0.3) is 5.91 Å². The molecule has 4 rings (SSSR count). The molecule has 37 heavy (non-hydrogen) atoms. The van der Waals surface area contributed by atoms with E-state index in [1.165, 1.54) is 36.7 Å². The van der Waals surface area contributed by atoms with Gasteiger partial charge < -0.3 is 24.2 Å². The Bertz CT molecular complexity index is 1340. The second-order valence-electron chi connectivity index (χ2n) is 7.85. The highest BCUT2D eigenvalue weighted by Gasteiger charge is 2.34. The normalized spacial score (nSPS) is 11.4. The van der Waals surface area contributed by atoms with E-state index in [2.05, 4.69) is 10.6 Å². The second-order valence-corrected chi connectivity index (χ2v) is 8.29. The van der Waals surface area contributed by atoms with Gasteiger partial charge in [-0.2, -0.15) is 0 Å². The third-order valence-electron chi connectivity index (χ3n) is 5.45. The molecule has 2 aromatic carbocycles. The number of carbonyl (C=O) groups excluding carboxylic acids is 3. The van der Waals surface area contributed by atoms with Gasteiger partial charge in [-0.3, -0.25) is 19.3 Å². The van der Waals surface area contributed by atoms with Crippen molar-refractivity contribution in [3.8, 4) is 5.75 Å². The van der Waals surface area contributed by atoms with Gasteiger partial charge >= 0.3 is 0 Å². The molecule has 190 valence electrons. The van der Waals surface area contributed by atoms with Gasteiger partial charge in [-0.1, -0.05) is 41.9 Å². The van der Waals surface area contributed by atoms with Crippen molar-refractivity contribution in [1.29, 1.82) is 0 Å². The van der Waals surface area contributed by atoms with Crippen LogP contribution in [-0.2, 0) is 16.1 Å². The maximum atomic E-state index is 13.7. The summed E-state index contributed by atoms with van der Waals surface area (Å²) >= 11 is 6.29. The number of amides is 3. The van der Waals surface area contributed by atoms with Crippen molar-refractivity contribution in [2.24, 2.45) is 0 Å². The predicted molar refractivity (Wildman–Crippen MR) is 136 cm³/mol. The number of hydrogen-bond acceptors (Lipinski definition) is 6. The zero-order valence-corrected chi connectivity index (χ0v) is 20.6. The molecule has 10 heteroatoms. The van der Waals surface area contributed by atoms with E-state index in [1.807, 2.05) is 0 Å². The smallest absolute Gasteiger partial charge is 0.287 e. The van der Waals surface area contributed by atoms with E-state index < -0.39 is 30.3 Å². The zero-order chi connectivity index (χ0) is 26.2. The summed E-state index contributed by atoms with van der Waals surface area (Å²) in [7, 11) is 1.45. The number of anilines is 1. The molecule has 0 aliphatic rings. The zero-order valence-electron chi connectivity index (χ0n) is 19.8. The number of rotatable bonds is 10. The Balaban J connectivity index is 1.72. The molecule has 0 aliphatic carbocycles. The Labute approximate surface area is 218 Å². The van der Waals surface area contributed by atoms with Crippen molar-refractivity contribution in [2.75, 3.05) is 18.6 Å². The van der Waals surface area contributed by atoms with Crippen LogP contribution in [0.15, 0.2) is 94.2 Å². The Morgan fingerprint density at radius 3 is 2.38 bits per heavy atom. The largest absolute Gasteiger partial charge is 0.495 e. The molecule has 2 heterocycles. The van der Waals surface area contributed by atoms with E-state index in [1.54, 1.807) is 60.7 Å². The minimum Gasteiger partial charge on any atom is -0.495 e. The number of nitrogens with zero attached hydrogens (tertiary/aromatic N) is 1. The third kappa shape index (κ3) is 6.20. The average molecular weight is 522 g/mol. The molecule has 0 saturated carbocycles. The first-order valence-electron chi connectivity index (χ1n) is 11.3. The number of methoxy groups -OCH3 is 1. The molecule has 9 nitrogen and oxygen atoms in total. The Hall–Kier alpha value is -4.50. The van der Waals surface area contributed by atoms with Gasteiger partial charge in [0.15, 0.2) is 5.76 Å². The fourth-order valence-electron chi connectivity index (χ4n) is 3.74. The number of hydrogen-bond donors (Lipinski definition) is 2. The second kappa shape index (κ2) is 12.0. The van der Waals surface area contributed by atoms with E-state index in [4.69, 9.17) is 25.2 Å². The maximum absolute atomic E-state index is 13.7. The fourth-order valence-corrected chi connectivity index (χ4v) is 3.91. The molecular formula is C27H24ClN3O6. The molecule has 1 atom stereocenters. The number of nitrogens with one attached hydrogen (secondary N) is 2. The van der Waals surface area contributed by atoms with Crippen LogP contribution < -0.4 is 20.3 Å². The van der Waals surface area contributed by atoms with Crippen molar-refractivity contribution in [1.82, 2.24) is 10.6 Å². The van der Waals surface area contributed by atoms with Crippen LogP contribution in [0.5, 0.6) is 5.75 Å². The molecular weight excluding hydrogens is 498 g/mol. The number of benzene rings is 2. The standard InChI is InChI=1S/C27H24ClN3O6/c1-35-22-12-11-19(28)15-21(22)31(24(32)17-30-26(33)23-10-6-14-37-23)25(18-7-3-2-4-8-18)27(34)29-16-20-9-5-13-36-20/h2-15,25H,16-17H2,1H3,(H,29,34)(H,30,33). The Kier molecular flexibility index (Phi) is 8.27. The molecule has 3 amide bonds. The summed E-state index contributed by atoms with van der Waals surface area (Å²) in [6.07, 6.45) is 2.86. The van der Waals surface area contributed by atoms with Crippen LogP contribution in [0, 0.1) is 0 Å². The lowest BCUT2D eigenvalue weighted by molar-refractivity contribution is -0.126. The lowest BCUT2D eigenvalue weighted by Gasteiger charge is -2.32. The molecule has 0 radical (unpaired) electrons. The molecule has 0 aliphatic heterocycles. The van der Waals surface area contributed by atoms with Crippen LogP contribution in [0.25, 0.3) is 0 Å². The summed E-state index contributed by atoms with van der Waals surface area (Å²) in [4.78, 5) is 41.1. The molecule has 0 bridgehead atoms. The molecule has 0 fully saturated rings. The van der Waals surface area contributed by atoms with Gasteiger partial charge in [0, 0.05) is 5.02 Å². The lowest BCUT2D eigenvalue weighted by atomic mass is 10.0. The maximum Gasteiger partial charge on any atom is 0.287 e. The molecule has 0 saturated heterocycles. The molecule has 1 unspecified atom stereocenters. The number of halogens is 1. The van der Waals surface area contributed by atoms with Crippen LogP contribution in [-0.4, -0.2) is 31.4 Å². The van der Waals surface area contributed by atoms with E-state index in [0.29, 0.717) is 22.1 Å². The lowest BCUT2D eigenvalue weighted by Crippen LogP contribution is -2.47. The summed E-state index contributed by atoms with van der Waals surface area (Å²) in [6, 6.07) is 18.9. The fraction of sp³-hybridized carbons (Fsp3) is 0.148. The SMILES string of the molecule is COc1ccc(Cl)cc1N(C(=O)CNC(=O)c1ccco1)C(C(=O)NCc1ccco1)c1ccccc1. The first kappa shape index (κ1) is 25.6. The molecule has 0 spiro atoms. The minimum atomic E-state index is -1.13. The highest BCUT2D eigenvalue weighted by atomic mass is 35.5. The highest BCUT2D eigenvalue weighted by Crippen LogP contribution is 2.37. The van der Waals surface area contributed by atoms with Crippen molar-refractivity contribution >= 4 is 35.0 Å². The van der Waals surface area contributed by atoms with Gasteiger partial charge in [-0.15, -0.1) is 0 Å². The van der Waals surface area contributed by atoms with Crippen LogP contribution in [0.3, 0.4) is 0 Å². The quantitative estimate of drug-likeness (QED) is 0.320. The van der Waals surface area contributed by atoms with Gasteiger partial charge in [-0.25, -0.2) is 0 Å². The number of carbonyl (C=O) groups is 3. The minimum absolute atomic E-state index is 0.0514. The molecule has 2 aromatic heterocycles. The van der Waals surface area contributed by atoms with Crippen LogP contribution >= 0.6 is 11.6 Å². The van der Waals surface area contributed by atoms with Gasteiger partial charge in [0.2, 0.25) is 11.8 Å². The van der Waals surface area contributed by atoms with Gasteiger partial charge in [-0.05, 0) is 48.0 Å². The Morgan fingerprint density at radius 2 is 1.70 bits per heavy atom. The summed E-state index contributed by atoms with van der Waals surface area (Å²) < 4.78 is 15.9. The van der Waals surface area contributed by atoms with Crippen molar-refractivity contribution in [3.63, 3.8) is 0 Å². The summed E-state index contributed by atoms with van der Waals surface area (Å²) in [5.74, 6) is -0.720. The predicted octanol–water partition coefficient (Wildman–Crippen LogP) is 4.36. The monoisotopic (exact) mass is 521 g/mol. The number of furan rings is 2. The summed E-state index contributed by atoms with van der Waals surface area (Å²) in [5, 5.41) is 5.70. The first-order chi connectivity index (χ1) is 18.0. The average Bonchev–Trinajstić information content (AvgIpc) is 3.64. The topological polar surface area (TPSA) is 114 Å². The number of ether oxygens (including phenoxy) is 1. The van der Waals surface area contributed by atoms with E-state index in [9.17, 15) is 14.4 Å². The van der Waals surface area contributed by atoms with Crippen molar-refractivity contribution in [2.45, 2.75) is 12.6 Å². The van der Waals surface area contributed by atoms with Crippen LogP contribution in [0.1, 0.15) is 27.9 Å². The Morgan fingerprint density at radius 1 is 0.946 bits per heavy atom. The third-order valence-corrected chi connectivity index (χ3v) is 5.69. The summed E-state index contributed by atoms with van der Waals surface area (Å²) in [5.41, 5.74) is 0.793. The summed E-state index contributed by atoms with van der Waals surface area (Å²) in [6.45, 7) is -0.316. The van der Waals surface area contributed by atoms with E-state index in [-0.39, 0.29) is 18.0 Å².